The van der Waals surface area contributed by atoms with Gasteiger partial charge in [0.1, 0.15) is 5.41 Å². The van der Waals surface area contributed by atoms with Crippen LogP contribution in [0, 0.1) is 11.3 Å². The SMILES string of the molecule is CC(=O)[C@](C#N)(CCCl)c1ccccc1. The van der Waals surface area contributed by atoms with E-state index >= 15 is 0 Å². The maximum atomic E-state index is 11.6. The van der Waals surface area contributed by atoms with Gasteiger partial charge in [-0.1, -0.05) is 30.3 Å². The van der Waals surface area contributed by atoms with Crippen LogP contribution in [0.15, 0.2) is 30.3 Å². The molecular weight excluding hydrogens is 210 g/mol. The number of hydrogen-bond acceptors (Lipinski definition) is 2. The third-order valence-electron chi connectivity index (χ3n) is 2.53. The number of Topliss-reactive ketones (excluding diaryl/α,β-unsaturated/α-hetero) is 1. The summed E-state index contributed by atoms with van der Waals surface area (Å²) < 4.78 is 0. The van der Waals surface area contributed by atoms with E-state index in [1.54, 1.807) is 12.1 Å². The maximum Gasteiger partial charge on any atom is 0.154 e. The lowest BCUT2D eigenvalue weighted by Crippen LogP contribution is -2.33. The van der Waals surface area contributed by atoms with E-state index in [-0.39, 0.29) is 5.78 Å². The Kier molecular flexibility index (Phi) is 3.88. The number of alkyl halides is 1. The number of rotatable bonds is 4. The number of nitriles is 1. The van der Waals surface area contributed by atoms with Crippen molar-refractivity contribution in [1.29, 1.82) is 5.26 Å². The van der Waals surface area contributed by atoms with Crippen molar-refractivity contribution in [3.63, 3.8) is 0 Å². The Balaban J connectivity index is 3.23. The summed E-state index contributed by atoms with van der Waals surface area (Å²) in [5.41, 5.74) is -0.358. The topological polar surface area (TPSA) is 40.9 Å². The van der Waals surface area contributed by atoms with Crippen molar-refractivity contribution in [2.75, 3.05) is 5.88 Å². The van der Waals surface area contributed by atoms with Crippen molar-refractivity contribution in [3.05, 3.63) is 35.9 Å². The van der Waals surface area contributed by atoms with Crippen LogP contribution >= 0.6 is 11.6 Å². The van der Waals surface area contributed by atoms with Gasteiger partial charge in [-0.15, -0.1) is 11.6 Å². The summed E-state index contributed by atoms with van der Waals surface area (Å²) in [6.07, 6.45) is 0.352. The fourth-order valence-corrected chi connectivity index (χ4v) is 1.87. The first-order valence-electron chi connectivity index (χ1n) is 4.71. The van der Waals surface area contributed by atoms with Gasteiger partial charge < -0.3 is 0 Å². The molecule has 0 fully saturated rings. The molecule has 15 heavy (non-hydrogen) atoms. The summed E-state index contributed by atoms with van der Waals surface area (Å²) in [6.45, 7) is 1.43. The quantitative estimate of drug-likeness (QED) is 0.734. The number of carbonyl (C=O) groups excluding carboxylic acids is 1. The number of halogens is 1. The van der Waals surface area contributed by atoms with Gasteiger partial charge in [0.25, 0.3) is 0 Å². The van der Waals surface area contributed by atoms with Crippen LogP contribution in [0.1, 0.15) is 18.9 Å². The molecule has 1 atom stereocenters. The molecule has 0 bridgehead atoms. The molecule has 0 unspecified atom stereocenters. The lowest BCUT2D eigenvalue weighted by molar-refractivity contribution is -0.120. The molecule has 0 spiro atoms. The zero-order chi connectivity index (χ0) is 11.3. The number of benzene rings is 1. The van der Waals surface area contributed by atoms with E-state index in [0.717, 1.165) is 5.56 Å². The van der Waals surface area contributed by atoms with Gasteiger partial charge in [0, 0.05) is 5.88 Å². The minimum Gasteiger partial charge on any atom is -0.298 e. The molecule has 3 heteroatoms. The van der Waals surface area contributed by atoms with E-state index in [0.29, 0.717) is 12.3 Å². The highest BCUT2D eigenvalue weighted by Gasteiger charge is 2.36. The second-order valence-corrected chi connectivity index (χ2v) is 3.76. The monoisotopic (exact) mass is 221 g/mol. The third kappa shape index (κ3) is 2.19. The second-order valence-electron chi connectivity index (χ2n) is 3.38. The largest absolute Gasteiger partial charge is 0.298 e. The molecule has 0 amide bonds. The molecule has 1 rings (SSSR count). The van der Waals surface area contributed by atoms with E-state index in [2.05, 4.69) is 6.07 Å². The molecule has 0 heterocycles. The molecule has 1 aromatic rings. The fourth-order valence-electron chi connectivity index (χ4n) is 1.59. The van der Waals surface area contributed by atoms with E-state index < -0.39 is 5.41 Å². The molecule has 0 N–H and O–H groups in total. The standard InChI is InChI=1S/C12H12ClNO/c1-10(15)12(9-14,7-8-13)11-5-3-2-4-6-11/h2-6H,7-8H2,1H3/t12-/m1/s1. The Morgan fingerprint density at radius 1 is 1.47 bits per heavy atom. The van der Waals surface area contributed by atoms with Crippen LogP contribution in [0.4, 0.5) is 0 Å². The van der Waals surface area contributed by atoms with Crippen LogP contribution in [-0.4, -0.2) is 11.7 Å². The number of nitrogens with zero attached hydrogens (tertiary/aromatic N) is 1. The average molecular weight is 222 g/mol. The first-order valence-corrected chi connectivity index (χ1v) is 5.24. The van der Waals surface area contributed by atoms with Gasteiger partial charge in [-0.3, -0.25) is 4.79 Å². The van der Waals surface area contributed by atoms with Gasteiger partial charge in [0.15, 0.2) is 5.78 Å². The first kappa shape index (κ1) is 11.7. The Labute approximate surface area is 94.5 Å². The van der Waals surface area contributed by atoms with Crippen molar-refractivity contribution in [1.82, 2.24) is 0 Å². The smallest absolute Gasteiger partial charge is 0.154 e. The Bertz CT molecular complexity index is 382. The molecule has 1 aromatic carbocycles. The Hall–Kier alpha value is -1.33. The zero-order valence-electron chi connectivity index (χ0n) is 8.53. The van der Waals surface area contributed by atoms with Crippen LogP contribution < -0.4 is 0 Å². The third-order valence-corrected chi connectivity index (χ3v) is 2.72. The van der Waals surface area contributed by atoms with Gasteiger partial charge in [-0.05, 0) is 18.9 Å². The van der Waals surface area contributed by atoms with Gasteiger partial charge in [0.2, 0.25) is 0 Å². The van der Waals surface area contributed by atoms with Gasteiger partial charge in [-0.2, -0.15) is 5.26 Å². The summed E-state index contributed by atoms with van der Waals surface area (Å²) >= 11 is 5.66. The lowest BCUT2D eigenvalue weighted by Gasteiger charge is -2.22. The van der Waals surface area contributed by atoms with E-state index in [9.17, 15) is 10.1 Å². The van der Waals surface area contributed by atoms with E-state index in [4.69, 9.17) is 11.6 Å². The highest BCUT2D eigenvalue weighted by Crippen LogP contribution is 2.28. The molecule has 2 nitrogen and oxygen atoms in total. The molecule has 0 saturated heterocycles. The summed E-state index contributed by atoms with van der Waals surface area (Å²) in [6, 6.07) is 11.2. The maximum absolute atomic E-state index is 11.6. The summed E-state index contributed by atoms with van der Waals surface area (Å²) in [4.78, 5) is 11.6. The van der Waals surface area contributed by atoms with Crippen molar-refractivity contribution < 1.29 is 4.79 Å². The summed E-state index contributed by atoms with van der Waals surface area (Å²) in [5, 5.41) is 9.20. The first-order chi connectivity index (χ1) is 7.17. The van der Waals surface area contributed by atoms with Crippen molar-refractivity contribution in [2.24, 2.45) is 0 Å². The normalized spacial score (nSPS) is 13.9. The predicted octanol–water partition coefficient (Wildman–Crippen LogP) is 2.67. The van der Waals surface area contributed by atoms with E-state index in [1.165, 1.54) is 6.92 Å². The Morgan fingerprint density at radius 2 is 2.07 bits per heavy atom. The lowest BCUT2D eigenvalue weighted by atomic mass is 9.76. The minimum atomic E-state index is -1.08. The number of carbonyl (C=O) groups is 1. The van der Waals surface area contributed by atoms with Crippen LogP contribution in [-0.2, 0) is 10.2 Å². The van der Waals surface area contributed by atoms with Crippen LogP contribution in [0.3, 0.4) is 0 Å². The molecule has 0 radical (unpaired) electrons. The highest BCUT2D eigenvalue weighted by molar-refractivity contribution is 6.18. The summed E-state index contributed by atoms with van der Waals surface area (Å²) in [5.74, 6) is 0.138. The highest BCUT2D eigenvalue weighted by atomic mass is 35.5. The molecule has 0 aliphatic carbocycles. The molecule has 0 saturated carbocycles. The van der Waals surface area contributed by atoms with Crippen molar-refractivity contribution >= 4 is 17.4 Å². The minimum absolute atomic E-state index is 0.156. The molecule has 0 aliphatic heterocycles. The second kappa shape index (κ2) is 4.95. The van der Waals surface area contributed by atoms with E-state index in [1.807, 2.05) is 18.2 Å². The van der Waals surface area contributed by atoms with Crippen LogP contribution in [0.25, 0.3) is 0 Å². The van der Waals surface area contributed by atoms with Gasteiger partial charge >= 0.3 is 0 Å². The molecule has 0 aromatic heterocycles. The molecular formula is C12H12ClNO. The van der Waals surface area contributed by atoms with Crippen molar-refractivity contribution in [3.8, 4) is 6.07 Å². The number of hydrogen-bond donors (Lipinski definition) is 0. The van der Waals surface area contributed by atoms with Crippen LogP contribution in [0.2, 0.25) is 0 Å². The zero-order valence-corrected chi connectivity index (χ0v) is 9.29. The fraction of sp³-hybridized carbons (Fsp3) is 0.333. The Morgan fingerprint density at radius 3 is 2.47 bits per heavy atom. The van der Waals surface area contributed by atoms with Crippen molar-refractivity contribution in [2.45, 2.75) is 18.8 Å². The average Bonchev–Trinajstić information content (AvgIpc) is 2.26. The predicted molar refractivity (Wildman–Crippen MR) is 59.8 cm³/mol. The summed E-state index contributed by atoms with van der Waals surface area (Å²) in [7, 11) is 0. The number of ketones is 1. The molecule has 0 aliphatic rings. The van der Waals surface area contributed by atoms with Crippen LogP contribution in [0.5, 0.6) is 0 Å². The van der Waals surface area contributed by atoms with Gasteiger partial charge in [0.05, 0.1) is 6.07 Å². The molecule has 78 valence electrons. The van der Waals surface area contributed by atoms with Gasteiger partial charge in [-0.25, -0.2) is 0 Å².